The smallest absolute Gasteiger partial charge is 0.191 e. The number of aromatic amines is 1. The molecule has 0 unspecified atom stereocenters. The van der Waals surface area contributed by atoms with E-state index in [-0.39, 0.29) is 29.4 Å². The Morgan fingerprint density at radius 3 is 2.60 bits per heavy atom. The second-order valence-electron chi connectivity index (χ2n) is 7.24. The molecule has 1 aromatic carbocycles. The number of methoxy groups -OCH3 is 1. The van der Waals surface area contributed by atoms with Gasteiger partial charge in [-0.15, -0.1) is 35.3 Å². The zero-order valence-electron chi connectivity index (χ0n) is 17.7. The molecule has 0 radical (unpaired) electrons. The van der Waals surface area contributed by atoms with E-state index >= 15 is 0 Å². The molecule has 162 valence electrons. The van der Waals surface area contributed by atoms with Crippen LogP contribution in [0.15, 0.2) is 46.8 Å². The Morgan fingerprint density at radius 1 is 1.20 bits per heavy atom. The van der Waals surface area contributed by atoms with Crippen molar-refractivity contribution in [1.82, 2.24) is 25.8 Å². The normalized spacial score (nSPS) is 11.7. The van der Waals surface area contributed by atoms with E-state index in [1.807, 2.05) is 24.3 Å². The first-order valence-electron chi connectivity index (χ1n) is 9.63. The SMILES string of the molecule is CCNC(=NCc1nc(-c2ccc(OC)cc2)n[nH]1)NCC(C)(C)c1cccs1.I. The van der Waals surface area contributed by atoms with E-state index in [2.05, 4.69) is 69.1 Å². The van der Waals surface area contributed by atoms with Gasteiger partial charge in [-0.2, -0.15) is 5.10 Å². The van der Waals surface area contributed by atoms with Crippen molar-refractivity contribution in [3.63, 3.8) is 0 Å². The highest BCUT2D eigenvalue weighted by Crippen LogP contribution is 2.26. The summed E-state index contributed by atoms with van der Waals surface area (Å²) in [5.41, 5.74) is 0.956. The minimum absolute atomic E-state index is 0. The molecule has 0 saturated carbocycles. The molecule has 3 N–H and O–H groups in total. The number of aromatic nitrogens is 3. The summed E-state index contributed by atoms with van der Waals surface area (Å²) in [5, 5.41) is 16.1. The summed E-state index contributed by atoms with van der Waals surface area (Å²) < 4.78 is 5.19. The number of benzene rings is 1. The van der Waals surface area contributed by atoms with Gasteiger partial charge in [-0.1, -0.05) is 19.9 Å². The highest BCUT2D eigenvalue weighted by Gasteiger charge is 2.22. The van der Waals surface area contributed by atoms with E-state index in [1.54, 1.807) is 18.4 Å². The third-order valence-electron chi connectivity index (χ3n) is 4.50. The highest BCUT2D eigenvalue weighted by atomic mass is 127. The number of guanidine groups is 1. The fraction of sp³-hybridized carbons (Fsp3) is 0.381. The molecule has 0 aliphatic carbocycles. The summed E-state index contributed by atoms with van der Waals surface area (Å²) >= 11 is 1.78. The van der Waals surface area contributed by atoms with Crippen molar-refractivity contribution in [3.8, 4) is 17.1 Å². The second-order valence-corrected chi connectivity index (χ2v) is 8.19. The van der Waals surface area contributed by atoms with E-state index in [0.29, 0.717) is 18.2 Å². The van der Waals surface area contributed by atoms with Crippen LogP contribution in [0.3, 0.4) is 0 Å². The van der Waals surface area contributed by atoms with Gasteiger partial charge in [0.15, 0.2) is 11.8 Å². The van der Waals surface area contributed by atoms with Crippen molar-refractivity contribution in [2.45, 2.75) is 32.7 Å². The van der Waals surface area contributed by atoms with Crippen LogP contribution in [0.25, 0.3) is 11.4 Å². The van der Waals surface area contributed by atoms with Crippen LogP contribution in [-0.2, 0) is 12.0 Å². The van der Waals surface area contributed by atoms with Crippen LogP contribution >= 0.6 is 35.3 Å². The molecule has 0 spiro atoms. The van der Waals surface area contributed by atoms with E-state index < -0.39 is 0 Å². The first kappa shape index (κ1) is 24.1. The van der Waals surface area contributed by atoms with Crippen LogP contribution < -0.4 is 15.4 Å². The van der Waals surface area contributed by atoms with Crippen molar-refractivity contribution in [1.29, 1.82) is 0 Å². The van der Waals surface area contributed by atoms with Crippen LogP contribution in [-0.4, -0.2) is 41.3 Å². The number of ether oxygens (including phenoxy) is 1. The Bertz CT molecular complexity index is 921. The van der Waals surface area contributed by atoms with Gasteiger partial charge >= 0.3 is 0 Å². The van der Waals surface area contributed by atoms with Crippen molar-refractivity contribution >= 4 is 41.3 Å². The van der Waals surface area contributed by atoms with E-state index in [9.17, 15) is 0 Å². The number of thiophene rings is 1. The van der Waals surface area contributed by atoms with Gasteiger partial charge in [-0.25, -0.2) is 9.98 Å². The molecule has 3 aromatic rings. The molecule has 7 nitrogen and oxygen atoms in total. The third-order valence-corrected chi connectivity index (χ3v) is 5.73. The Labute approximate surface area is 198 Å². The lowest BCUT2D eigenvalue weighted by Crippen LogP contribution is -2.43. The topological polar surface area (TPSA) is 87.2 Å². The van der Waals surface area contributed by atoms with Gasteiger partial charge in [0, 0.05) is 28.9 Å². The molecule has 0 fully saturated rings. The number of nitrogens with one attached hydrogen (secondary N) is 3. The summed E-state index contributed by atoms with van der Waals surface area (Å²) in [4.78, 5) is 10.5. The minimum atomic E-state index is 0. The molecular formula is C21H29IN6OS. The standard InChI is InChI=1S/C21H28N6OS.HI/c1-5-22-20(24-14-21(2,3)17-7-6-12-29-17)23-13-18-25-19(27-26-18)15-8-10-16(28-4)11-9-15;/h6-12H,5,13-14H2,1-4H3,(H2,22,23,24)(H,25,26,27);1H. The van der Waals surface area contributed by atoms with Crippen LogP contribution in [0.4, 0.5) is 0 Å². The number of halogens is 1. The molecule has 9 heteroatoms. The lowest BCUT2D eigenvalue weighted by atomic mass is 9.91. The summed E-state index contributed by atoms with van der Waals surface area (Å²) in [6, 6.07) is 11.9. The number of aliphatic imine (C=N–C) groups is 1. The van der Waals surface area contributed by atoms with Crippen LogP contribution in [0.2, 0.25) is 0 Å². The van der Waals surface area contributed by atoms with Crippen LogP contribution in [0, 0.1) is 0 Å². The van der Waals surface area contributed by atoms with Gasteiger partial charge < -0.3 is 15.4 Å². The van der Waals surface area contributed by atoms with E-state index in [0.717, 1.165) is 30.4 Å². The van der Waals surface area contributed by atoms with Crippen molar-refractivity contribution in [2.24, 2.45) is 4.99 Å². The quantitative estimate of drug-likeness (QED) is 0.227. The zero-order valence-corrected chi connectivity index (χ0v) is 20.9. The van der Waals surface area contributed by atoms with Crippen LogP contribution in [0.1, 0.15) is 31.5 Å². The maximum Gasteiger partial charge on any atom is 0.191 e. The number of H-pyrrole nitrogens is 1. The number of hydrogen-bond donors (Lipinski definition) is 3. The van der Waals surface area contributed by atoms with Gasteiger partial charge in [-0.3, -0.25) is 5.10 Å². The predicted octanol–water partition coefficient (Wildman–Crippen LogP) is 4.19. The average molecular weight is 540 g/mol. The zero-order chi connectivity index (χ0) is 20.7. The maximum absolute atomic E-state index is 5.19. The van der Waals surface area contributed by atoms with Gasteiger partial charge in [0.05, 0.1) is 7.11 Å². The number of hydrogen-bond acceptors (Lipinski definition) is 5. The fourth-order valence-electron chi connectivity index (χ4n) is 2.79. The molecule has 2 heterocycles. The van der Waals surface area contributed by atoms with Gasteiger partial charge in [0.25, 0.3) is 0 Å². The molecule has 0 aliphatic rings. The minimum Gasteiger partial charge on any atom is -0.497 e. The highest BCUT2D eigenvalue weighted by molar-refractivity contribution is 14.0. The molecule has 3 rings (SSSR count). The second kappa shape index (κ2) is 11.3. The van der Waals surface area contributed by atoms with Gasteiger partial charge in [0.1, 0.15) is 18.1 Å². The van der Waals surface area contributed by atoms with E-state index in [1.165, 1.54) is 4.88 Å². The van der Waals surface area contributed by atoms with Gasteiger partial charge in [-0.05, 0) is 42.6 Å². The monoisotopic (exact) mass is 540 g/mol. The summed E-state index contributed by atoms with van der Waals surface area (Å²) in [6.45, 7) is 8.50. The molecule has 0 atom stereocenters. The largest absolute Gasteiger partial charge is 0.497 e. The molecule has 0 aliphatic heterocycles. The lowest BCUT2D eigenvalue weighted by molar-refractivity contribution is 0.415. The summed E-state index contributed by atoms with van der Waals surface area (Å²) in [5.74, 6) is 2.93. The van der Waals surface area contributed by atoms with Crippen LogP contribution in [0.5, 0.6) is 5.75 Å². The fourth-order valence-corrected chi connectivity index (χ4v) is 3.64. The first-order chi connectivity index (χ1) is 14.0. The lowest BCUT2D eigenvalue weighted by Gasteiger charge is -2.25. The Kier molecular flexibility index (Phi) is 9.09. The Morgan fingerprint density at radius 2 is 1.97 bits per heavy atom. The molecule has 0 saturated heterocycles. The summed E-state index contributed by atoms with van der Waals surface area (Å²) in [6.07, 6.45) is 0. The van der Waals surface area contributed by atoms with Crippen molar-refractivity contribution < 1.29 is 4.74 Å². The van der Waals surface area contributed by atoms with Gasteiger partial charge in [0.2, 0.25) is 0 Å². The molecule has 0 bridgehead atoms. The first-order valence-corrected chi connectivity index (χ1v) is 10.5. The Hall–Kier alpha value is -2.14. The molecule has 30 heavy (non-hydrogen) atoms. The average Bonchev–Trinajstić information content (AvgIpc) is 3.43. The van der Waals surface area contributed by atoms with Crippen molar-refractivity contribution in [3.05, 3.63) is 52.5 Å². The number of nitrogens with zero attached hydrogens (tertiary/aromatic N) is 3. The molecule has 0 amide bonds. The predicted molar refractivity (Wildman–Crippen MR) is 134 cm³/mol. The van der Waals surface area contributed by atoms with E-state index in [4.69, 9.17) is 4.74 Å². The van der Waals surface area contributed by atoms with Crippen molar-refractivity contribution in [2.75, 3.05) is 20.2 Å². The third kappa shape index (κ3) is 6.43. The summed E-state index contributed by atoms with van der Waals surface area (Å²) in [7, 11) is 1.65. The molecular weight excluding hydrogens is 511 g/mol. The molecule has 2 aromatic heterocycles. The maximum atomic E-state index is 5.19. The number of rotatable bonds is 8. The Balaban J connectivity index is 0.00000320.